The quantitative estimate of drug-likeness (QED) is 0.824. The molecule has 2 heterocycles. The van der Waals surface area contributed by atoms with E-state index in [1.807, 2.05) is 17.7 Å². The largest absolute Gasteiger partial charge is 0.379 e. The standard InChI is InChI=1S/C16H25N3O3/c1-12-17-6-8-19(12)7-4-16(20)18-14-11-21-9-5-15(14)22-10-13-2-3-13/h6,8,13-15H,2-5,7,9-11H2,1H3,(H,18,20)/t14-,15+/m1/s1. The van der Waals surface area contributed by atoms with E-state index >= 15 is 0 Å². The zero-order chi connectivity index (χ0) is 15.4. The van der Waals surface area contributed by atoms with Crippen molar-refractivity contribution in [1.29, 1.82) is 0 Å². The Balaban J connectivity index is 1.44. The van der Waals surface area contributed by atoms with Crippen LogP contribution in [0.15, 0.2) is 12.4 Å². The Morgan fingerprint density at radius 2 is 2.36 bits per heavy atom. The third kappa shape index (κ3) is 4.30. The third-order valence-electron chi connectivity index (χ3n) is 4.39. The van der Waals surface area contributed by atoms with Crippen LogP contribution in [0.4, 0.5) is 0 Å². The van der Waals surface area contributed by atoms with Crippen molar-refractivity contribution in [2.75, 3.05) is 19.8 Å². The Morgan fingerprint density at radius 3 is 3.09 bits per heavy atom. The zero-order valence-corrected chi connectivity index (χ0v) is 13.2. The number of carbonyl (C=O) groups is 1. The molecule has 0 radical (unpaired) electrons. The van der Waals surface area contributed by atoms with Gasteiger partial charge in [0.1, 0.15) is 5.82 Å². The SMILES string of the molecule is Cc1nccn1CCC(=O)N[C@@H]1COCC[C@@H]1OCC1CC1. The topological polar surface area (TPSA) is 65.4 Å². The average Bonchev–Trinajstić information content (AvgIpc) is 3.26. The first kappa shape index (κ1) is 15.5. The predicted molar refractivity (Wildman–Crippen MR) is 81.4 cm³/mol. The van der Waals surface area contributed by atoms with E-state index in [1.165, 1.54) is 12.8 Å². The van der Waals surface area contributed by atoms with Crippen LogP contribution in [-0.4, -0.2) is 47.4 Å². The van der Waals surface area contributed by atoms with Gasteiger partial charge in [-0.15, -0.1) is 0 Å². The average molecular weight is 307 g/mol. The molecule has 1 amide bonds. The summed E-state index contributed by atoms with van der Waals surface area (Å²) in [7, 11) is 0. The maximum Gasteiger partial charge on any atom is 0.222 e. The lowest BCUT2D eigenvalue weighted by atomic mass is 10.1. The van der Waals surface area contributed by atoms with E-state index in [9.17, 15) is 4.79 Å². The van der Waals surface area contributed by atoms with Crippen LogP contribution in [0.25, 0.3) is 0 Å². The van der Waals surface area contributed by atoms with Gasteiger partial charge >= 0.3 is 0 Å². The van der Waals surface area contributed by atoms with Crippen LogP contribution >= 0.6 is 0 Å². The number of imidazole rings is 1. The molecular weight excluding hydrogens is 282 g/mol. The van der Waals surface area contributed by atoms with E-state index in [0.29, 0.717) is 19.6 Å². The molecule has 22 heavy (non-hydrogen) atoms. The number of hydrogen-bond acceptors (Lipinski definition) is 4. The molecular formula is C16H25N3O3. The highest BCUT2D eigenvalue weighted by molar-refractivity contribution is 5.76. The van der Waals surface area contributed by atoms with Gasteiger partial charge in [0.2, 0.25) is 5.91 Å². The number of rotatable bonds is 7. The fourth-order valence-electron chi connectivity index (χ4n) is 2.74. The minimum absolute atomic E-state index is 0.0242. The van der Waals surface area contributed by atoms with Crippen molar-refractivity contribution in [1.82, 2.24) is 14.9 Å². The van der Waals surface area contributed by atoms with E-state index < -0.39 is 0 Å². The number of hydrogen-bond donors (Lipinski definition) is 1. The van der Waals surface area contributed by atoms with Crippen LogP contribution in [0.3, 0.4) is 0 Å². The molecule has 122 valence electrons. The monoisotopic (exact) mass is 307 g/mol. The van der Waals surface area contributed by atoms with Crippen LogP contribution in [0.1, 0.15) is 31.5 Å². The Bertz CT molecular complexity index is 499. The van der Waals surface area contributed by atoms with Crippen LogP contribution in [0.5, 0.6) is 0 Å². The predicted octanol–water partition coefficient (Wildman–Crippen LogP) is 1.28. The molecule has 3 rings (SSSR count). The van der Waals surface area contributed by atoms with Gasteiger partial charge in [-0.3, -0.25) is 4.79 Å². The molecule has 2 atom stereocenters. The van der Waals surface area contributed by atoms with Crippen LogP contribution in [0.2, 0.25) is 0 Å². The second kappa shape index (κ2) is 7.24. The van der Waals surface area contributed by atoms with Gasteiger partial charge in [0.05, 0.1) is 18.8 Å². The fourth-order valence-corrected chi connectivity index (χ4v) is 2.74. The lowest BCUT2D eigenvalue weighted by Crippen LogP contribution is -2.50. The normalized spacial score (nSPS) is 25.1. The Hall–Kier alpha value is -1.40. The molecule has 2 aliphatic rings. The summed E-state index contributed by atoms with van der Waals surface area (Å²) in [6.45, 7) is 4.68. The van der Waals surface area contributed by atoms with E-state index in [4.69, 9.17) is 9.47 Å². The molecule has 0 spiro atoms. The van der Waals surface area contributed by atoms with Crippen molar-refractivity contribution >= 4 is 5.91 Å². The number of aryl methyl sites for hydroxylation is 2. The second-order valence-corrected chi connectivity index (χ2v) is 6.27. The van der Waals surface area contributed by atoms with E-state index in [0.717, 1.165) is 31.4 Å². The van der Waals surface area contributed by atoms with Gasteiger partial charge < -0.3 is 19.4 Å². The van der Waals surface area contributed by atoms with Gasteiger partial charge in [-0.05, 0) is 32.1 Å². The van der Waals surface area contributed by atoms with Crippen molar-refractivity contribution in [2.45, 2.75) is 51.3 Å². The Morgan fingerprint density at radius 1 is 1.50 bits per heavy atom. The minimum atomic E-state index is -0.0242. The molecule has 1 N–H and O–H groups in total. The number of ether oxygens (including phenoxy) is 2. The third-order valence-corrected chi connectivity index (χ3v) is 4.39. The molecule has 1 saturated carbocycles. The van der Waals surface area contributed by atoms with Crippen LogP contribution < -0.4 is 5.32 Å². The molecule has 6 nitrogen and oxygen atoms in total. The van der Waals surface area contributed by atoms with Crippen molar-refractivity contribution < 1.29 is 14.3 Å². The lowest BCUT2D eigenvalue weighted by Gasteiger charge is -2.32. The molecule has 0 unspecified atom stereocenters. The highest BCUT2D eigenvalue weighted by Gasteiger charge is 2.30. The summed E-state index contributed by atoms with van der Waals surface area (Å²) < 4.78 is 13.5. The van der Waals surface area contributed by atoms with E-state index in [-0.39, 0.29) is 18.1 Å². The smallest absolute Gasteiger partial charge is 0.222 e. The number of amides is 1. The number of nitrogens with zero attached hydrogens (tertiary/aromatic N) is 2. The molecule has 2 fully saturated rings. The zero-order valence-electron chi connectivity index (χ0n) is 13.2. The lowest BCUT2D eigenvalue weighted by molar-refractivity contribution is -0.126. The maximum absolute atomic E-state index is 12.2. The first-order valence-electron chi connectivity index (χ1n) is 8.19. The number of carbonyl (C=O) groups excluding carboxylic acids is 1. The van der Waals surface area contributed by atoms with Crippen LogP contribution in [-0.2, 0) is 20.8 Å². The summed E-state index contributed by atoms with van der Waals surface area (Å²) >= 11 is 0. The van der Waals surface area contributed by atoms with Gasteiger partial charge in [0.25, 0.3) is 0 Å². The van der Waals surface area contributed by atoms with Gasteiger partial charge in [-0.1, -0.05) is 0 Å². The minimum Gasteiger partial charge on any atom is -0.379 e. The fraction of sp³-hybridized carbons (Fsp3) is 0.750. The molecule has 1 aromatic heterocycles. The van der Waals surface area contributed by atoms with Crippen LogP contribution in [0, 0.1) is 12.8 Å². The maximum atomic E-state index is 12.2. The summed E-state index contributed by atoms with van der Waals surface area (Å²) in [6.07, 6.45) is 7.61. The van der Waals surface area contributed by atoms with Crippen molar-refractivity contribution in [3.05, 3.63) is 18.2 Å². The van der Waals surface area contributed by atoms with Gasteiger partial charge in [-0.2, -0.15) is 0 Å². The van der Waals surface area contributed by atoms with Crippen molar-refractivity contribution in [3.8, 4) is 0 Å². The van der Waals surface area contributed by atoms with E-state index in [1.54, 1.807) is 6.20 Å². The highest BCUT2D eigenvalue weighted by atomic mass is 16.5. The Labute approximate surface area is 131 Å². The summed E-state index contributed by atoms with van der Waals surface area (Å²) in [6, 6.07) is -0.0242. The van der Waals surface area contributed by atoms with E-state index in [2.05, 4.69) is 10.3 Å². The van der Waals surface area contributed by atoms with Crippen molar-refractivity contribution in [3.63, 3.8) is 0 Å². The first-order valence-corrected chi connectivity index (χ1v) is 8.19. The number of aromatic nitrogens is 2. The molecule has 0 aromatic carbocycles. The summed E-state index contributed by atoms with van der Waals surface area (Å²) in [5.41, 5.74) is 0. The summed E-state index contributed by atoms with van der Waals surface area (Å²) in [5.74, 6) is 1.71. The second-order valence-electron chi connectivity index (χ2n) is 6.27. The van der Waals surface area contributed by atoms with Gasteiger partial charge in [0.15, 0.2) is 0 Å². The number of nitrogens with one attached hydrogen (secondary N) is 1. The summed E-state index contributed by atoms with van der Waals surface area (Å²) in [5, 5.41) is 3.07. The summed E-state index contributed by atoms with van der Waals surface area (Å²) in [4.78, 5) is 16.3. The van der Waals surface area contributed by atoms with Gasteiger partial charge in [-0.25, -0.2) is 4.98 Å². The van der Waals surface area contributed by atoms with Crippen molar-refractivity contribution in [2.24, 2.45) is 5.92 Å². The molecule has 1 aliphatic carbocycles. The molecule has 1 aliphatic heterocycles. The molecule has 6 heteroatoms. The molecule has 1 saturated heterocycles. The Kier molecular flexibility index (Phi) is 5.10. The molecule has 0 bridgehead atoms. The first-order chi connectivity index (χ1) is 10.7. The molecule has 1 aromatic rings. The van der Waals surface area contributed by atoms with Gasteiger partial charge in [0, 0.05) is 38.6 Å². The highest BCUT2D eigenvalue weighted by Crippen LogP contribution is 2.30.